The summed E-state index contributed by atoms with van der Waals surface area (Å²) in [4.78, 5) is 4.00. The van der Waals surface area contributed by atoms with E-state index in [0.29, 0.717) is 16.1 Å². The van der Waals surface area contributed by atoms with Gasteiger partial charge in [-0.3, -0.25) is 4.40 Å². The summed E-state index contributed by atoms with van der Waals surface area (Å²) in [5.41, 5.74) is 0.658. The minimum absolute atomic E-state index is 0.419. The van der Waals surface area contributed by atoms with E-state index in [9.17, 15) is 0 Å². The van der Waals surface area contributed by atoms with Crippen LogP contribution in [0.3, 0.4) is 0 Å². The highest BCUT2D eigenvalue weighted by atomic mass is 35.5. The molecular weight excluding hydrogens is 244 g/mol. The van der Waals surface area contributed by atoms with Crippen LogP contribution in [0.1, 0.15) is 30.3 Å². The first-order valence-electron chi connectivity index (χ1n) is 5.33. The van der Waals surface area contributed by atoms with Gasteiger partial charge in [0, 0.05) is 12.4 Å². The summed E-state index contributed by atoms with van der Waals surface area (Å²) in [6.45, 7) is 0. The second kappa shape index (κ2) is 4.22. The lowest BCUT2D eigenvalue weighted by Crippen LogP contribution is -2.06. The van der Waals surface area contributed by atoms with Gasteiger partial charge in [0.05, 0.1) is 5.25 Å². The van der Waals surface area contributed by atoms with Gasteiger partial charge in [0.15, 0.2) is 16.6 Å². The Hall–Kier alpha value is -0.810. The van der Waals surface area contributed by atoms with Gasteiger partial charge in [-0.2, -0.15) is 11.8 Å². The highest BCUT2D eigenvalue weighted by Gasteiger charge is 2.21. The first-order chi connectivity index (χ1) is 7.86. The number of nitrogens with zero attached hydrogens (tertiary/aromatic N) is 4. The molecule has 2 aromatic rings. The Kier molecular flexibility index (Phi) is 2.73. The summed E-state index contributed by atoms with van der Waals surface area (Å²) >= 11 is 7.92. The maximum atomic E-state index is 5.97. The number of fused-ring (bicyclic) bond motifs is 1. The van der Waals surface area contributed by atoms with Crippen LogP contribution in [-0.2, 0) is 0 Å². The van der Waals surface area contributed by atoms with Gasteiger partial charge >= 0.3 is 0 Å². The van der Waals surface area contributed by atoms with E-state index in [2.05, 4.69) is 15.2 Å². The molecule has 0 aliphatic carbocycles. The van der Waals surface area contributed by atoms with Crippen molar-refractivity contribution < 1.29 is 0 Å². The van der Waals surface area contributed by atoms with Crippen molar-refractivity contribution in [2.75, 3.05) is 5.75 Å². The predicted octanol–water partition coefficient (Wildman–Crippen LogP) is 2.74. The Bertz CT molecular complexity index is 506. The summed E-state index contributed by atoms with van der Waals surface area (Å²) in [6.07, 6.45) is 7.32. The second-order valence-electron chi connectivity index (χ2n) is 3.83. The third-order valence-corrected chi connectivity index (χ3v) is 4.42. The van der Waals surface area contributed by atoms with Crippen LogP contribution in [0.5, 0.6) is 0 Å². The van der Waals surface area contributed by atoms with Crippen LogP contribution in [0.2, 0.25) is 5.15 Å². The van der Waals surface area contributed by atoms with E-state index in [4.69, 9.17) is 11.6 Å². The summed E-state index contributed by atoms with van der Waals surface area (Å²) in [6, 6.07) is 0. The monoisotopic (exact) mass is 254 g/mol. The fourth-order valence-electron chi connectivity index (χ4n) is 1.98. The van der Waals surface area contributed by atoms with Gasteiger partial charge < -0.3 is 0 Å². The zero-order valence-electron chi connectivity index (χ0n) is 8.64. The molecule has 16 heavy (non-hydrogen) atoms. The van der Waals surface area contributed by atoms with Crippen LogP contribution in [0.25, 0.3) is 5.65 Å². The standard InChI is InChI=1S/C10H11ClN4S/c11-8-10-14-13-9(15(10)5-4-12-8)7-3-1-2-6-16-7/h4-5,7H,1-3,6H2. The Balaban J connectivity index is 2.06. The molecule has 3 rings (SSSR count). The molecule has 0 radical (unpaired) electrons. The van der Waals surface area contributed by atoms with Crippen LogP contribution in [0, 0.1) is 0 Å². The quantitative estimate of drug-likeness (QED) is 0.785. The number of aromatic nitrogens is 4. The third-order valence-electron chi connectivity index (χ3n) is 2.78. The first kappa shape index (κ1) is 10.4. The van der Waals surface area contributed by atoms with Crippen molar-refractivity contribution in [2.24, 2.45) is 0 Å². The van der Waals surface area contributed by atoms with Gasteiger partial charge in [-0.05, 0) is 18.6 Å². The molecule has 1 aliphatic heterocycles. The summed E-state index contributed by atoms with van der Waals surface area (Å²) in [5, 5.41) is 9.21. The lowest BCUT2D eigenvalue weighted by molar-refractivity contribution is 0.657. The van der Waals surface area contributed by atoms with Crippen LogP contribution in [-0.4, -0.2) is 25.3 Å². The van der Waals surface area contributed by atoms with Crippen LogP contribution >= 0.6 is 23.4 Å². The molecule has 1 aliphatic rings. The largest absolute Gasteiger partial charge is 0.281 e. The zero-order valence-corrected chi connectivity index (χ0v) is 10.2. The van der Waals surface area contributed by atoms with Gasteiger partial charge in [-0.25, -0.2) is 4.98 Å². The van der Waals surface area contributed by atoms with Gasteiger partial charge in [0.1, 0.15) is 0 Å². The number of thioether (sulfide) groups is 1. The van der Waals surface area contributed by atoms with Crippen molar-refractivity contribution in [1.29, 1.82) is 0 Å². The van der Waals surface area contributed by atoms with E-state index in [1.54, 1.807) is 6.20 Å². The lowest BCUT2D eigenvalue weighted by Gasteiger charge is -2.19. The molecule has 0 saturated carbocycles. The molecular formula is C10H11ClN4S. The molecule has 3 heterocycles. The molecule has 0 N–H and O–H groups in total. The molecule has 1 fully saturated rings. The number of rotatable bonds is 1. The van der Waals surface area contributed by atoms with Crippen molar-refractivity contribution in [1.82, 2.24) is 19.6 Å². The fourth-order valence-corrected chi connectivity index (χ4v) is 3.46. The first-order valence-corrected chi connectivity index (χ1v) is 6.75. The molecule has 84 valence electrons. The van der Waals surface area contributed by atoms with E-state index in [1.807, 2.05) is 22.4 Å². The SMILES string of the molecule is Clc1nccn2c(C3CCCCS3)nnc12. The van der Waals surface area contributed by atoms with Crippen molar-refractivity contribution >= 4 is 29.0 Å². The van der Waals surface area contributed by atoms with Gasteiger partial charge in [-0.15, -0.1) is 10.2 Å². The lowest BCUT2D eigenvalue weighted by atomic mass is 10.2. The maximum absolute atomic E-state index is 5.97. The molecule has 6 heteroatoms. The van der Waals surface area contributed by atoms with Crippen molar-refractivity contribution in [3.8, 4) is 0 Å². The third kappa shape index (κ3) is 1.68. The molecule has 0 aromatic carbocycles. The summed E-state index contributed by atoms with van der Waals surface area (Å²) in [7, 11) is 0. The van der Waals surface area contributed by atoms with Crippen molar-refractivity contribution in [3.05, 3.63) is 23.4 Å². The average molecular weight is 255 g/mol. The smallest absolute Gasteiger partial charge is 0.198 e. The van der Waals surface area contributed by atoms with Gasteiger partial charge in [-0.1, -0.05) is 18.0 Å². The fraction of sp³-hybridized carbons (Fsp3) is 0.500. The number of hydrogen-bond acceptors (Lipinski definition) is 4. The van der Waals surface area contributed by atoms with Crippen molar-refractivity contribution in [2.45, 2.75) is 24.5 Å². The Labute approximate surface area is 102 Å². The van der Waals surface area contributed by atoms with Crippen LogP contribution in [0.4, 0.5) is 0 Å². The van der Waals surface area contributed by atoms with Crippen LogP contribution < -0.4 is 0 Å². The second-order valence-corrected chi connectivity index (χ2v) is 5.49. The molecule has 1 atom stereocenters. The van der Waals surface area contributed by atoms with E-state index in [-0.39, 0.29) is 0 Å². The number of hydrogen-bond donors (Lipinski definition) is 0. The van der Waals surface area contributed by atoms with Crippen molar-refractivity contribution in [3.63, 3.8) is 0 Å². The average Bonchev–Trinajstić information content (AvgIpc) is 2.75. The summed E-state index contributed by atoms with van der Waals surface area (Å²) in [5.74, 6) is 2.21. The highest BCUT2D eigenvalue weighted by Crippen LogP contribution is 2.37. The molecule has 2 aromatic heterocycles. The highest BCUT2D eigenvalue weighted by molar-refractivity contribution is 7.99. The van der Waals surface area contributed by atoms with Gasteiger partial charge in [0.25, 0.3) is 0 Å². The van der Waals surface area contributed by atoms with Crippen LogP contribution in [0.15, 0.2) is 12.4 Å². The molecule has 4 nitrogen and oxygen atoms in total. The summed E-state index contributed by atoms with van der Waals surface area (Å²) < 4.78 is 1.96. The minimum Gasteiger partial charge on any atom is -0.281 e. The molecule has 1 unspecified atom stereocenters. The Morgan fingerprint density at radius 1 is 1.38 bits per heavy atom. The topological polar surface area (TPSA) is 43.1 Å². The Morgan fingerprint density at radius 3 is 3.12 bits per heavy atom. The molecule has 1 saturated heterocycles. The van der Waals surface area contributed by atoms with E-state index >= 15 is 0 Å². The van der Waals surface area contributed by atoms with E-state index < -0.39 is 0 Å². The Morgan fingerprint density at radius 2 is 2.31 bits per heavy atom. The van der Waals surface area contributed by atoms with E-state index in [0.717, 1.165) is 5.82 Å². The predicted molar refractivity (Wildman–Crippen MR) is 64.8 cm³/mol. The maximum Gasteiger partial charge on any atom is 0.198 e. The molecule has 0 bridgehead atoms. The van der Waals surface area contributed by atoms with E-state index in [1.165, 1.54) is 25.0 Å². The number of halogens is 1. The molecule has 0 amide bonds. The minimum atomic E-state index is 0.419. The van der Waals surface area contributed by atoms with Gasteiger partial charge in [0.2, 0.25) is 0 Å². The normalized spacial score (nSPS) is 21.4. The molecule has 0 spiro atoms. The zero-order chi connectivity index (χ0) is 11.0.